The Morgan fingerprint density at radius 1 is 0.923 bits per heavy atom. The Kier molecular flexibility index (Phi) is 6.34. The van der Waals surface area contributed by atoms with Crippen molar-refractivity contribution in [2.24, 2.45) is 0 Å². The molecule has 26 heavy (non-hydrogen) atoms. The molecule has 0 unspecified atom stereocenters. The molecule has 0 aromatic heterocycles. The van der Waals surface area contributed by atoms with Crippen molar-refractivity contribution in [3.63, 3.8) is 0 Å². The molecule has 4 heteroatoms. The van der Waals surface area contributed by atoms with Gasteiger partial charge in [-0.05, 0) is 23.8 Å². The zero-order valence-electron chi connectivity index (χ0n) is 14.6. The van der Waals surface area contributed by atoms with Crippen molar-refractivity contribution in [1.82, 2.24) is 5.32 Å². The predicted octanol–water partition coefficient (Wildman–Crippen LogP) is 4.85. The minimum absolute atomic E-state index is 0.0176. The first-order valence-electron chi connectivity index (χ1n) is 8.44. The van der Waals surface area contributed by atoms with Gasteiger partial charge in [-0.3, -0.25) is 4.79 Å². The number of hydrogen-bond acceptors (Lipinski definition) is 3. The first-order valence-corrected chi connectivity index (χ1v) is 9.32. The molecule has 1 N–H and O–H groups in total. The predicted molar refractivity (Wildman–Crippen MR) is 106 cm³/mol. The van der Waals surface area contributed by atoms with Crippen LogP contribution in [0.5, 0.6) is 5.75 Å². The van der Waals surface area contributed by atoms with Crippen LogP contribution in [-0.2, 0) is 11.3 Å². The first kappa shape index (κ1) is 18.1. The number of para-hydroxylation sites is 1. The van der Waals surface area contributed by atoms with E-state index < -0.39 is 0 Å². The standard InChI is InChI=1S/C22H21NO2S/c1-25-20-15-9-8-12-18(20)16-23-22(24)21(17-10-4-2-5-11-17)26-19-13-6-3-7-14-19/h2-15,21H,16H2,1H3,(H,23,24)/t21-/m0/s1. The molecule has 1 atom stereocenters. The van der Waals surface area contributed by atoms with Crippen molar-refractivity contribution in [3.05, 3.63) is 96.1 Å². The number of hydrogen-bond donors (Lipinski definition) is 1. The lowest BCUT2D eigenvalue weighted by Crippen LogP contribution is -2.27. The summed E-state index contributed by atoms with van der Waals surface area (Å²) in [6, 6.07) is 27.6. The average molecular weight is 363 g/mol. The van der Waals surface area contributed by atoms with Gasteiger partial charge in [-0.15, -0.1) is 11.8 Å². The van der Waals surface area contributed by atoms with E-state index in [1.165, 1.54) is 0 Å². The molecule has 0 bridgehead atoms. The molecule has 3 rings (SSSR count). The smallest absolute Gasteiger partial charge is 0.238 e. The molecular weight excluding hydrogens is 342 g/mol. The minimum atomic E-state index is -0.312. The Morgan fingerprint density at radius 2 is 1.54 bits per heavy atom. The third kappa shape index (κ3) is 4.67. The van der Waals surface area contributed by atoms with Gasteiger partial charge in [0.05, 0.1) is 7.11 Å². The highest BCUT2D eigenvalue weighted by Gasteiger charge is 2.22. The highest BCUT2D eigenvalue weighted by Crippen LogP contribution is 2.35. The molecular formula is C22H21NO2S. The zero-order chi connectivity index (χ0) is 18.2. The number of rotatable bonds is 7. The number of carbonyl (C=O) groups is 1. The Bertz CT molecular complexity index is 837. The summed E-state index contributed by atoms with van der Waals surface area (Å²) in [5.74, 6) is 0.760. The summed E-state index contributed by atoms with van der Waals surface area (Å²) in [4.78, 5) is 14.0. The lowest BCUT2D eigenvalue weighted by atomic mass is 10.1. The maximum Gasteiger partial charge on any atom is 0.238 e. The van der Waals surface area contributed by atoms with E-state index in [0.29, 0.717) is 6.54 Å². The number of methoxy groups -OCH3 is 1. The summed E-state index contributed by atoms with van der Waals surface area (Å²) in [6.45, 7) is 0.432. The lowest BCUT2D eigenvalue weighted by Gasteiger charge is -2.18. The highest BCUT2D eigenvalue weighted by molar-refractivity contribution is 8.00. The molecule has 3 aromatic rings. The molecule has 0 aliphatic carbocycles. The molecule has 132 valence electrons. The topological polar surface area (TPSA) is 38.3 Å². The molecule has 0 radical (unpaired) electrons. The van der Waals surface area contributed by atoms with E-state index in [1.807, 2.05) is 84.9 Å². The van der Waals surface area contributed by atoms with Crippen LogP contribution in [-0.4, -0.2) is 13.0 Å². The number of thioether (sulfide) groups is 1. The molecule has 0 fully saturated rings. The monoisotopic (exact) mass is 363 g/mol. The Morgan fingerprint density at radius 3 is 2.23 bits per heavy atom. The second-order valence-electron chi connectivity index (χ2n) is 5.75. The molecule has 0 heterocycles. The fourth-order valence-corrected chi connectivity index (χ4v) is 3.73. The second kappa shape index (κ2) is 9.11. The van der Waals surface area contributed by atoms with Gasteiger partial charge in [-0.25, -0.2) is 0 Å². The van der Waals surface area contributed by atoms with Crippen LogP contribution in [0.3, 0.4) is 0 Å². The van der Waals surface area contributed by atoms with Gasteiger partial charge in [0.1, 0.15) is 11.0 Å². The summed E-state index contributed by atoms with van der Waals surface area (Å²) in [7, 11) is 1.64. The second-order valence-corrected chi connectivity index (χ2v) is 6.93. The van der Waals surface area contributed by atoms with E-state index in [1.54, 1.807) is 18.9 Å². The molecule has 3 nitrogen and oxygen atoms in total. The van der Waals surface area contributed by atoms with Crippen LogP contribution in [0.15, 0.2) is 89.8 Å². The third-order valence-corrected chi connectivity index (χ3v) is 5.25. The number of benzene rings is 3. The van der Waals surface area contributed by atoms with Crippen LogP contribution in [0.2, 0.25) is 0 Å². The molecule has 0 aliphatic heterocycles. The van der Waals surface area contributed by atoms with Crippen LogP contribution >= 0.6 is 11.8 Å². The van der Waals surface area contributed by atoms with Gasteiger partial charge in [-0.2, -0.15) is 0 Å². The Balaban J connectivity index is 1.76. The number of ether oxygens (including phenoxy) is 1. The van der Waals surface area contributed by atoms with Gasteiger partial charge < -0.3 is 10.1 Å². The zero-order valence-corrected chi connectivity index (χ0v) is 15.4. The van der Waals surface area contributed by atoms with E-state index in [0.717, 1.165) is 21.8 Å². The van der Waals surface area contributed by atoms with E-state index in [2.05, 4.69) is 5.32 Å². The van der Waals surface area contributed by atoms with E-state index in [-0.39, 0.29) is 11.2 Å². The van der Waals surface area contributed by atoms with Crippen molar-refractivity contribution >= 4 is 17.7 Å². The summed E-state index contributed by atoms with van der Waals surface area (Å²) >= 11 is 1.55. The van der Waals surface area contributed by atoms with Crippen molar-refractivity contribution in [1.29, 1.82) is 0 Å². The van der Waals surface area contributed by atoms with Crippen molar-refractivity contribution in [3.8, 4) is 5.75 Å². The number of nitrogens with one attached hydrogen (secondary N) is 1. The Labute approximate surface area is 158 Å². The summed E-state index contributed by atoms with van der Waals surface area (Å²) in [6.07, 6.45) is 0. The first-order chi connectivity index (χ1) is 12.8. The van der Waals surface area contributed by atoms with Gasteiger partial charge >= 0.3 is 0 Å². The fourth-order valence-electron chi connectivity index (χ4n) is 2.66. The van der Waals surface area contributed by atoms with Gasteiger partial charge in [0, 0.05) is 17.0 Å². The van der Waals surface area contributed by atoms with Crippen LogP contribution < -0.4 is 10.1 Å². The lowest BCUT2D eigenvalue weighted by molar-refractivity contribution is -0.120. The normalized spacial score (nSPS) is 11.6. The van der Waals surface area contributed by atoms with Gasteiger partial charge in [0.15, 0.2) is 0 Å². The third-order valence-electron chi connectivity index (χ3n) is 3.98. The van der Waals surface area contributed by atoms with E-state index in [4.69, 9.17) is 4.74 Å². The van der Waals surface area contributed by atoms with Gasteiger partial charge in [-0.1, -0.05) is 66.7 Å². The van der Waals surface area contributed by atoms with Crippen LogP contribution in [0.1, 0.15) is 16.4 Å². The quantitative estimate of drug-likeness (QED) is 0.610. The van der Waals surface area contributed by atoms with E-state index in [9.17, 15) is 4.79 Å². The maximum absolute atomic E-state index is 12.9. The highest BCUT2D eigenvalue weighted by atomic mass is 32.2. The molecule has 0 saturated carbocycles. The van der Waals surface area contributed by atoms with Crippen LogP contribution in [0.25, 0.3) is 0 Å². The average Bonchev–Trinajstić information content (AvgIpc) is 2.72. The number of carbonyl (C=O) groups excluding carboxylic acids is 1. The molecule has 0 saturated heterocycles. The summed E-state index contributed by atoms with van der Waals surface area (Å²) in [5, 5.41) is 2.74. The Hall–Kier alpha value is -2.72. The van der Waals surface area contributed by atoms with Gasteiger partial charge in [0.25, 0.3) is 0 Å². The SMILES string of the molecule is COc1ccccc1CNC(=O)[C@@H](Sc1ccccc1)c1ccccc1. The maximum atomic E-state index is 12.9. The van der Waals surface area contributed by atoms with E-state index >= 15 is 0 Å². The van der Waals surface area contributed by atoms with Crippen molar-refractivity contribution in [2.45, 2.75) is 16.7 Å². The fraction of sp³-hybridized carbons (Fsp3) is 0.136. The van der Waals surface area contributed by atoms with Crippen molar-refractivity contribution < 1.29 is 9.53 Å². The molecule has 0 aliphatic rings. The van der Waals surface area contributed by atoms with Crippen LogP contribution in [0, 0.1) is 0 Å². The minimum Gasteiger partial charge on any atom is -0.496 e. The van der Waals surface area contributed by atoms with Crippen molar-refractivity contribution in [2.75, 3.05) is 7.11 Å². The number of amides is 1. The summed E-state index contributed by atoms with van der Waals surface area (Å²) < 4.78 is 5.36. The van der Waals surface area contributed by atoms with Crippen LogP contribution in [0.4, 0.5) is 0 Å². The largest absolute Gasteiger partial charge is 0.496 e. The van der Waals surface area contributed by atoms with Gasteiger partial charge in [0.2, 0.25) is 5.91 Å². The molecule has 0 spiro atoms. The molecule has 3 aromatic carbocycles. The summed E-state index contributed by atoms with van der Waals surface area (Å²) in [5.41, 5.74) is 1.94. The molecule has 1 amide bonds.